The van der Waals surface area contributed by atoms with Crippen LogP contribution in [0.5, 0.6) is 5.75 Å². The summed E-state index contributed by atoms with van der Waals surface area (Å²) in [5.74, 6) is 1.91. The summed E-state index contributed by atoms with van der Waals surface area (Å²) in [6.45, 7) is 0. The van der Waals surface area contributed by atoms with Crippen LogP contribution in [-0.2, 0) is 6.42 Å². The highest BCUT2D eigenvalue weighted by atomic mass is 32.1. The summed E-state index contributed by atoms with van der Waals surface area (Å²) in [6.07, 6.45) is 3.55. The molecule has 0 radical (unpaired) electrons. The van der Waals surface area contributed by atoms with Gasteiger partial charge in [0.05, 0.1) is 7.11 Å². The van der Waals surface area contributed by atoms with Crippen molar-refractivity contribution in [1.29, 1.82) is 0 Å². The Kier molecular flexibility index (Phi) is 4.76. The van der Waals surface area contributed by atoms with Gasteiger partial charge in [-0.2, -0.15) is 12.6 Å². The SMILES string of the molecule is COc1ccc(CCCCS)cc1. The van der Waals surface area contributed by atoms with E-state index in [0.717, 1.165) is 17.9 Å². The Hall–Kier alpha value is -0.630. The van der Waals surface area contributed by atoms with Crippen molar-refractivity contribution in [2.24, 2.45) is 0 Å². The van der Waals surface area contributed by atoms with E-state index in [-0.39, 0.29) is 0 Å². The minimum absolute atomic E-state index is 0.929. The quantitative estimate of drug-likeness (QED) is 0.562. The number of rotatable bonds is 5. The fourth-order valence-corrected chi connectivity index (χ4v) is 1.46. The van der Waals surface area contributed by atoms with Gasteiger partial charge in [-0.3, -0.25) is 0 Å². The third-order valence-electron chi connectivity index (χ3n) is 2.03. The molecule has 0 saturated carbocycles. The largest absolute Gasteiger partial charge is 0.497 e. The van der Waals surface area contributed by atoms with Crippen molar-refractivity contribution in [1.82, 2.24) is 0 Å². The molecule has 0 N–H and O–H groups in total. The lowest BCUT2D eigenvalue weighted by Crippen LogP contribution is -1.87. The van der Waals surface area contributed by atoms with Crippen molar-refractivity contribution < 1.29 is 4.74 Å². The van der Waals surface area contributed by atoms with E-state index >= 15 is 0 Å². The van der Waals surface area contributed by atoms with E-state index in [2.05, 4.69) is 24.8 Å². The molecule has 1 aromatic rings. The molecule has 0 unspecified atom stereocenters. The van der Waals surface area contributed by atoms with Gasteiger partial charge in [0, 0.05) is 0 Å². The number of thiol groups is 1. The number of ether oxygens (including phenoxy) is 1. The van der Waals surface area contributed by atoms with Crippen LogP contribution in [0.15, 0.2) is 24.3 Å². The molecule has 0 bridgehead atoms. The van der Waals surface area contributed by atoms with Gasteiger partial charge in [0.2, 0.25) is 0 Å². The second kappa shape index (κ2) is 5.92. The van der Waals surface area contributed by atoms with E-state index in [4.69, 9.17) is 4.74 Å². The summed E-state index contributed by atoms with van der Waals surface area (Å²) < 4.78 is 5.08. The lowest BCUT2D eigenvalue weighted by molar-refractivity contribution is 0.414. The molecule has 0 aromatic heterocycles. The smallest absolute Gasteiger partial charge is 0.118 e. The molecule has 1 nitrogen and oxygen atoms in total. The van der Waals surface area contributed by atoms with Crippen molar-refractivity contribution in [2.45, 2.75) is 19.3 Å². The molecule has 0 saturated heterocycles. The standard InChI is InChI=1S/C11H16OS/c1-12-11-7-5-10(6-8-11)4-2-3-9-13/h5-8,13H,2-4,9H2,1H3. The van der Waals surface area contributed by atoms with Crippen LogP contribution in [0.4, 0.5) is 0 Å². The predicted molar refractivity (Wildman–Crippen MR) is 59.8 cm³/mol. The highest BCUT2D eigenvalue weighted by Crippen LogP contribution is 2.13. The number of hydrogen-bond donors (Lipinski definition) is 1. The van der Waals surface area contributed by atoms with Crippen molar-refractivity contribution in [3.63, 3.8) is 0 Å². The van der Waals surface area contributed by atoms with Gasteiger partial charge in [0.25, 0.3) is 0 Å². The molecular weight excluding hydrogens is 180 g/mol. The Morgan fingerprint density at radius 3 is 2.38 bits per heavy atom. The highest BCUT2D eigenvalue weighted by molar-refractivity contribution is 7.80. The minimum Gasteiger partial charge on any atom is -0.497 e. The van der Waals surface area contributed by atoms with Crippen LogP contribution in [0.1, 0.15) is 18.4 Å². The van der Waals surface area contributed by atoms with Gasteiger partial charge in [-0.1, -0.05) is 12.1 Å². The Labute approximate surface area is 85.5 Å². The van der Waals surface area contributed by atoms with Crippen LogP contribution >= 0.6 is 12.6 Å². The first-order valence-corrected chi connectivity index (χ1v) is 5.24. The Balaban J connectivity index is 2.40. The molecule has 0 spiro atoms. The molecule has 0 aliphatic carbocycles. The number of benzene rings is 1. The van der Waals surface area contributed by atoms with E-state index in [1.165, 1.54) is 18.4 Å². The zero-order valence-electron chi connectivity index (χ0n) is 7.99. The van der Waals surface area contributed by atoms with Crippen molar-refractivity contribution in [3.05, 3.63) is 29.8 Å². The van der Waals surface area contributed by atoms with E-state index < -0.39 is 0 Å². The van der Waals surface area contributed by atoms with E-state index in [1.807, 2.05) is 12.1 Å². The van der Waals surface area contributed by atoms with Crippen LogP contribution in [0.3, 0.4) is 0 Å². The summed E-state index contributed by atoms with van der Waals surface area (Å²) in [4.78, 5) is 0. The van der Waals surface area contributed by atoms with Gasteiger partial charge < -0.3 is 4.74 Å². The average molecular weight is 196 g/mol. The molecule has 0 aliphatic rings. The van der Waals surface area contributed by atoms with Crippen LogP contribution < -0.4 is 4.74 Å². The molecule has 0 atom stereocenters. The van der Waals surface area contributed by atoms with E-state index in [0.29, 0.717) is 0 Å². The van der Waals surface area contributed by atoms with E-state index in [1.54, 1.807) is 7.11 Å². The van der Waals surface area contributed by atoms with Crippen LogP contribution in [0.2, 0.25) is 0 Å². The topological polar surface area (TPSA) is 9.23 Å². The minimum atomic E-state index is 0.929. The third-order valence-corrected chi connectivity index (χ3v) is 2.35. The predicted octanol–water partition coefficient (Wildman–Crippen LogP) is 2.95. The Morgan fingerprint density at radius 2 is 1.85 bits per heavy atom. The zero-order chi connectivity index (χ0) is 9.52. The van der Waals surface area contributed by atoms with Crippen molar-refractivity contribution in [2.75, 3.05) is 12.9 Å². The van der Waals surface area contributed by atoms with Crippen molar-refractivity contribution >= 4 is 12.6 Å². The molecular formula is C11H16OS. The first kappa shape index (κ1) is 10.5. The number of methoxy groups -OCH3 is 1. The van der Waals surface area contributed by atoms with E-state index in [9.17, 15) is 0 Å². The fraction of sp³-hybridized carbons (Fsp3) is 0.455. The summed E-state index contributed by atoms with van der Waals surface area (Å²) in [5, 5.41) is 0. The first-order chi connectivity index (χ1) is 6.36. The molecule has 0 amide bonds. The number of unbranched alkanes of at least 4 members (excludes halogenated alkanes) is 1. The van der Waals surface area contributed by atoms with Gasteiger partial charge in [-0.15, -0.1) is 0 Å². The summed E-state index contributed by atoms with van der Waals surface area (Å²) in [6, 6.07) is 8.26. The Bertz CT molecular complexity index is 230. The summed E-state index contributed by atoms with van der Waals surface area (Å²) in [7, 11) is 1.69. The second-order valence-electron chi connectivity index (χ2n) is 3.03. The zero-order valence-corrected chi connectivity index (χ0v) is 8.89. The van der Waals surface area contributed by atoms with Gasteiger partial charge in [0.15, 0.2) is 0 Å². The number of aryl methyl sites for hydroxylation is 1. The third kappa shape index (κ3) is 3.73. The second-order valence-corrected chi connectivity index (χ2v) is 3.48. The molecule has 72 valence electrons. The molecule has 1 rings (SSSR count). The molecule has 2 heteroatoms. The maximum Gasteiger partial charge on any atom is 0.118 e. The highest BCUT2D eigenvalue weighted by Gasteiger charge is 1.93. The lowest BCUT2D eigenvalue weighted by Gasteiger charge is -2.02. The maximum atomic E-state index is 5.08. The normalized spacial score (nSPS) is 10.0. The van der Waals surface area contributed by atoms with Crippen LogP contribution in [-0.4, -0.2) is 12.9 Å². The van der Waals surface area contributed by atoms with Crippen LogP contribution in [0, 0.1) is 0 Å². The van der Waals surface area contributed by atoms with Gasteiger partial charge in [0.1, 0.15) is 5.75 Å². The average Bonchev–Trinajstić information content (AvgIpc) is 2.19. The van der Waals surface area contributed by atoms with Gasteiger partial charge in [-0.05, 0) is 42.7 Å². The van der Waals surface area contributed by atoms with Crippen LogP contribution in [0.25, 0.3) is 0 Å². The van der Waals surface area contributed by atoms with Crippen molar-refractivity contribution in [3.8, 4) is 5.75 Å². The molecule has 0 fully saturated rings. The number of hydrogen-bond acceptors (Lipinski definition) is 2. The molecule has 1 aromatic carbocycles. The molecule has 0 aliphatic heterocycles. The van der Waals surface area contributed by atoms with Gasteiger partial charge >= 0.3 is 0 Å². The fourth-order valence-electron chi connectivity index (χ4n) is 1.23. The van der Waals surface area contributed by atoms with Gasteiger partial charge in [-0.25, -0.2) is 0 Å². The first-order valence-electron chi connectivity index (χ1n) is 4.60. The summed E-state index contributed by atoms with van der Waals surface area (Å²) >= 11 is 4.18. The molecule has 13 heavy (non-hydrogen) atoms. The Morgan fingerprint density at radius 1 is 1.15 bits per heavy atom. The summed E-state index contributed by atoms with van der Waals surface area (Å²) in [5.41, 5.74) is 1.38. The maximum absolute atomic E-state index is 5.08. The lowest BCUT2D eigenvalue weighted by atomic mass is 10.1. The monoisotopic (exact) mass is 196 g/mol. The molecule has 0 heterocycles.